The summed E-state index contributed by atoms with van der Waals surface area (Å²) in [6.45, 7) is 0.868. The highest BCUT2D eigenvalue weighted by atomic mass is 16.2. The lowest BCUT2D eigenvalue weighted by Crippen LogP contribution is -2.68. The lowest BCUT2D eigenvalue weighted by molar-refractivity contribution is -0.223. The molecule has 2 aromatic carbocycles. The number of hydrogen-bond acceptors (Lipinski definition) is 4. The summed E-state index contributed by atoms with van der Waals surface area (Å²) in [6.07, 6.45) is 7.15. The Labute approximate surface area is 174 Å². The lowest BCUT2D eigenvalue weighted by Gasteiger charge is -2.69. The van der Waals surface area contributed by atoms with Crippen LogP contribution < -0.4 is 0 Å². The highest BCUT2D eigenvalue weighted by molar-refractivity contribution is 5.88. The number of rotatable bonds is 4. The van der Waals surface area contributed by atoms with Gasteiger partial charge in [0.25, 0.3) is 0 Å². The van der Waals surface area contributed by atoms with Gasteiger partial charge in [-0.05, 0) is 48.4 Å². The van der Waals surface area contributed by atoms with Crippen LogP contribution in [0.4, 0.5) is 0 Å². The highest BCUT2D eigenvalue weighted by Crippen LogP contribution is 2.74. The molecule has 0 spiro atoms. The van der Waals surface area contributed by atoms with Gasteiger partial charge in [-0.3, -0.25) is 9.48 Å². The monoisotopic (exact) mass is 395 g/mol. The Morgan fingerprint density at radius 1 is 1.17 bits per heavy atom. The molecule has 1 aromatic heterocycles. The first kappa shape index (κ1) is 17.4. The molecule has 30 heavy (non-hydrogen) atoms. The minimum Gasteiger partial charge on any atom is -0.272 e. The second-order valence-corrected chi connectivity index (χ2v) is 9.11. The number of benzene rings is 2. The first-order valence-corrected chi connectivity index (χ1v) is 10.4. The molecule has 2 heterocycles. The van der Waals surface area contributed by atoms with Crippen molar-refractivity contribution in [3.05, 3.63) is 65.9 Å². The van der Waals surface area contributed by atoms with Crippen LogP contribution in [0, 0.1) is 22.2 Å². The predicted molar refractivity (Wildman–Crippen MR) is 112 cm³/mol. The van der Waals surface area contributed by atoms with Crippen LogP contribution in [0.15, 0.2) is 59.8 Å². The Bertz CT molecular complexity index is 1230. The summed E-state index contributed by atoms with van der Waals surface area (Å²) in [6, 6.07) is 17.8. The van der Waals surface area contributed by atoms with E-state index >= 15 is 0 Å². The van der Waals surface area contributed by atoms with Crippen LogP contribution in [0.25, 0.3) is 10.9 Å². The number of hydrazone groups is 1. The van der Waals surface area contributed by atoms with Gasteiger partial charge in [0, 0.05) is 24.6 Å². The van der Waals surface area contributed by atoms with E-state index in [0.29, 0.717) is 12.0 Å². The van der Waals surface area contributed by atoms with Crippen LogP contribution >= 0.6 is 0 Å². The fourth-order valence-corrected chi connectivity index (χ4v) is 5.81. The molecule has 148 valence electrons. The number of carbonyl (C=O) groups excluding carboxylic acids is 1. The van der Waals surface area contributed by atoms with E-state index in [2.05, 4.69) is 33.1 Å². The van der Waals surface area contributed by atoms with Crippen molar-refractivity contribution in [2.45, 2.75) is 38.3 Å². The molecule has 3 fully saturated rings. The fraction of sp³-hybridized carbons (Fsp3) is 0.333. The van der Waals surface area contributed by atoms with Gasteiger partial charge >= 0.3 is 0 Å². The molecule has 1 unspecified atom stereocenters. The Hall–Kier alpha value is -3.46. The third-order valence-corrected chi connectivity index (χ3v) is 7.07. The molecule has 6 nitrogen and oxygen atoms in total. The van der Waals surface area contributed by atoms with E-state index in [9.17, 15) is 10.1 Å². The minimum atomic E-state index is -0.268. The van der Waals surface area contributed by atoms with Crippen LogP contribution in [0.5, 0.6) is 0 Å². The zero-order chi connectivity index (χ0) is 20.3. The molecular weight excluding hydrogens is 374 g/mol. The van der Waals surface area contributed by atoms with Crippen molar-refractivity contribution in [3.63, 3.8) is 0 Å². The molecule has 0 N–H and O–H groups in total. The summed E-state index contributed by atoms with van der Waals surface area (Å²) >= 11 is 0. The Morgan fingerprint density at radius 3 is 2.83 bits per heavy atom. The van der Waals surface area contributed by atoms with E-state index in [4.69, 9.17) is 0 Å². The van der Waals surface area contributed by atoms with Crippen LogP contribution in [-0.4, -0.2) is 26.9 Å². The first-order valence-electron chi connectivity index (χ1n) is 10.4. The zero-order valence-electron chi connectivity index (χ0n) is 16.5. The molecule has 3 aliphatic carbocycles. The maximum atomic E-state index is 13.4. The molecule has 6 heteroatoms. The average molecular weight is 395 g/mol. The highest BCUT2D eigenvalue weighted by Gasteiger charge is 2.72. The van der Waals surface area contributed by atoms with Gasteiger partial charge in [-0.15, -0.1) is 0 Å². The van der Waals surface area contributed by atoms with Crippen molar-refractivity contribution < 1.29 is 4.79 Å². The van der Waals surface area contributed by atoms with E-state index in [1.165, 1.54) is 0 Å². The summed E-state index contributed by atoms with van der Waals surface area (Å²) in [5.41, 5.74) is 2.66. The smallest absolute Gasteiger partial charge is 0.249 e. The maximum Gasteiger partial charge on any atom is 0.249 e. The topological polar surface area (TPSA) is 74.3 Å². The van der Waals surface area contributed by atoms with Crippen LogP contribution in [0.1, 0.15) is 42.9 Å². The van der Waals surface area contributed by atoms with Gasteiger partial charge in [-0.1, -0.05) is 30.3 Å². The first-order chi connectivity index (χ1) is 14.6. The van der Waals surface area contributed by atoms with E-state index in [1.807, 2.05) is 42.7 Å². The summed E-state index contributed by atoms with van der Waals surface area (Å²) < 4.78 is 2.09. The van der Waals surface area contributed by atoms with Crippen LogP contribution in [-0.2, 0) is 11.3 Å². The third-order valence-electron chi connectivity index (χ3n) is 7.07. The normalized spacial score (nSPS) is 28.8. The molecular formula is C24H21N5O. The lowest BCUT2D eigenvalue weighted by atomic mass is 9.34. The number of amides is 1. The van der Waals surface area contributed by atoms with E-state index in [1.54, 1.807) is 11.1 Å². The fourth-order valence-electron chi connectivity index (χ4n) is 5.81. The molecule has 3 saturated carbocycles. The maximum absolute atomic E-state index is 13.4. The van der Waals surface area contributed by atoms with Gasteiger partial charge in [0.05, 0.1) is 34.8 Å². The van der Waals surface area contributed by atoms with Gasteiger partial charge < -0.3 is 0 Å². The molecule has 0 radical (unpaired) electrons. The van der Waals surface area contributed by atoms with Gasteiger partial charge in [0.1, 0.15) is 0 Å². The van der Waals surface area contributed by atoms with Crippen molar-refractivity contribution in [2.75, 3.05) is 0 Å². The van der Waals surface area contributed by atoms with Gasteiger partial charge in [0.2, 0.25) is 5.91 Å². The average Bonchev–Trinajstić information content (AvgIpc) is 3.36. The molecule has 1 atom stereocenters. The summed E-state index contributed by atoms with van der Waals surface area (Å²) in [5, 5.41) is 21.0. The minimum absolute atomic E-state index is 0.106. The van der Waals surface area contributed by atoms with Crippen molar-refractivity contribution in [3.8, 4) is 6.07 Å². The predicted octanol–water partition coefficient (Wildman–Crippen LogP) is 4.04. The van der Waals surface area contributed by atoms with Crippen molar-refractivity contribution in [2.24, 2.45) is 15.9 Å². The Balaban J connectivity index is 1.18. The molecule has 4 aliphatic rings. The number of aromatic nitrogens is 2. The second-order valence-electron chi connectivity index (χ2n) is 9.11. The number of nitriles is 1. The summed E-state index contributed by atoms with van der Waals surface area (Å²) in [4.78, 5) is 13.4. The molecule has 1 aliphatic heterocycles. The van der Waals surface area contributed by atoms with Gasteiger partial charge in [-0.2, -0.15) is 15.5 Å². The number of hydrogen-bond donors (Lipinski definition) is 0. The van der Waals surface area contributed by atoms with Crippen molar-refractivity contribution in [1.82, 2.24) is 14.8 Å². The second kappa shape index (κ2) is 6.02. The molecule has 1 amide bonds. The molecule has 3 aromatic rings. The Kier molecular flexibility index (Phi) is 3.49. The van der Waals surface area contributed by atoms with E-state index in [0.717, 1.165) is 42.3 Å². The van der Waals surface area contributed by atoms with Crippen molar-refractivity contribution in [1.29, 1.82) is 5.26 Å². The molecule has 7 rings (SSSR count). The number of fused-ring (bicyclic) bond motifs is 1. The third kappa shape index (κ3) is 2.38. The summed E-state index contributed by atoms with van der Waals surface area (Å²) in [5.74, 6) is 0.135. The molecule has 0 saturated heterocycles. The van der Waals surface area contributed by atoms with Crippen LogP contribution in [0.3, 0.4) is 0 Å². The number of para-hydroxylation sites is 1. The SMILES string of the molecule is N#Cc1cccc(C2CC=NN2C(=O)C23CC(Cn4ncc5ccccc54)(C2)C3)c1. The van der Waals surface area contributed by atoms with Crippen molar-refractivity contribution >= 4 is 23.0 Å². The zero-order valence-corrected chi connectivity index (χ0v) is 16.5. The quantitative estimate of drug-likeness (QED) is 0.669. The van der Waals surface area contributed by atoms with E-state index in [-0.39, 0.29) is 22.8 Å². The van der Waals surface area contributed by atoms with Gasteiger partial charge in [0.15, 0.2) is 0 Å². The largest absolute Gasteiger partial charge is 0.272 e. The summed E-state index contributed by atoms with van der Waals surface area (Å²) in [7, 11) is 0. The molecule has 2 bridgehead atoms. The van der Waals surface area contributed by atoms with E-state index < -0.39 is 0 Å². The van der Waals surface area contributed by atoms with Gasteiger partial charge in [-0.25, -0.2) is 5.01 Å². The standard InChI is InChI=1S/C24H21N5O/c25-11-17-4-3-6-18(10-17)21-8-9-26-29(21)22(30)24-13-23(14-24,15-24)16-28-20-7-2-1-5-19(20)12-27-28/h1-7,9-10,12,21H,8,13-16H2. The Morgan fingerprint density at radius 2 is 2.00 bits per heavy atom. The number of nitrogens with zero attached hydrogens (tertiary/aromatic N) is 5. The van der Waals surface area contributed by atoms with Crippen LogP contribution in [0.2, 0.25) is 0 Å². The number of carbonyl (C=O) groups is 1.